The second-order valence-electron chi connectivity index (χ2n) is 6.54. The smallest absolute Gasteiger partial charge is 0.324 e. The largest absolute Gasteiger partial charge is 0.379 e. The topological polar surface area (TPSA) is 70.6 Å². The van der Waals surface area contributed by atoms with Crippen LogP contribution in [-0.2, 0) is 4.74 Å². The van der Waals surface area contributed by atoms with Gasteiger partial charge in [-0.15, -0.1) is 0 Å². The molecule has 0 radical (unpaired) electrons. The van der Waals surface area contributed by atoms with Crippen LogP contribution >= 0.6 is 0 Å². The number of ether oxygens (including phenoxy) is 1. The van der Waals surface area contributed by atoms with Crippen molar-refractivity contribution in [3.05, 3.63) is 12.3 Å². The lowest BCUT2D eigenvalue weighted by molar-refractivity contribution is 0.0776. The number of hydrogen-bond acceptors (Lipinski definition) is 5. The van der Waals surface area contributed by atoms with Gasteiger partial charge in [-0.1, -0.05) is 19.3 Å². The number of amides is 2. The predicted molar refractivity (Wildman–Crippen MR) is 88.6 cm³/mol. The molecule has 1 N–H and O–H groups in total. The van der Waals surface area contributed by atoms with Crippen molar-refractivity contribution in [3.63, 3.8) is 0 Å². The Bertz CT molecular complexity index is 547. The molecule has 1 aliphatic heterocycles. The van der Waals surface area contributed by atoms with Crippen LogP contribution in [0.25, 0.3) is 0 Å². The van der Waals surface area contributed by atoms with Gasteiger partial charge in [0.15, 0.2) is 0 Å². The SMILES string of the molecule is CN(C)c1ccnc(NC(=O)N2CCOC[C@H](C3CCC3)C2)n1. The minimum absolute atomic E-state index is 0.143. The van der Waals surface area contributed by atoms with Gasteiger partial charge in [0.1, 0.15) is 5.82 Å². The predicted octanol–water partition coefficient (Wildman–Crippen LogP) is 1.82. The van der Waals surface area contributed by atoms with Gasteiger partial charge in [-0.3, -0.25) is 5.32 Å². The molecule has 0 spiro atoms. The Morgan fingerprint density at radius 3 is 2.91 bits per heavy atom. The fraction of sp³-hybridized carbons (Fsp3) is 0.688. The summed E-state index contributed by atoms with van der Waals surface area (Å²) in [6.07, 6.45) is 5.48. The average Bonchev–Trinajstić information content (AvgIpc) is 2.72. The first-order valence-electron chi connectivity index (χ1n) is 8.27. The van der Waals surface area contributed by atoms with Crippen molar-refractivity contribution in [2.45, 2.75) is 19.3 Å². The highest BCUT2D eigenvalue weighted by Gasteiger charge is 2.32. The number of carbonyl (C=O) groups excluding carboxylic acids is 1. The summed E-state index contributed by atoms with van der Waals surface area (Å²) < 4.78 is 5.69. The Kier molecular flexibility index (Phi) is 4.95. The third-order valence-corrected chi connectivity index (χ3v) is 4.71. The second kappa shape index (κ2) is 7.12. The number of hydrogen-bond donors (Lipinski definition) is 1. The van der Waals surface area contributed by atoms with Crippen LogP contribution in [0.15, 0.2) is 12.3 Å². The molecule has 0 unspecified atom stereocenters. The average molecular weight is 319 g/mol. The number of nitrogens with zero attached hydrogens (tertiary/aromatic N) is 4. The Balaban J connectivity index is 1.63. The van der Waals surface area contributed by atoms with E-state index in [0.717, 1.165) is 19.0 Å². The molecule has 2 heterocycles. The summed E-state index contributed by atoms with van der Waals surface area (Å²) in [4.78, 5) is 24.7. The molecule has 2 aliphatic rings. The van der Waals surface area contributed by atoms with Gasteiger partial charge < -0.3 is 14.5 Å². The quantitative estimate of drug-likeness (QED) is 0.920. The van der Waals surface area contributed by atoms with Crippen molar-refractivity contribution in [2.75, 3.05) is 50.6 Å². The summed E-state index contributed by atoms with van der Waals surface area (Å²) in [5, 5.41) is 2.81. The highest BCUT2D eigenvalue weighted by molar-refractivity contribution is 5.87. The van der Waals surface area contributed by atoms with Crippen LogP contribution in [0.4, 0.5) is 16.6 Å². The van der Waals surface area contributed by atoms with E-state index >= 15 is 0 Å². The first kappa shape index (κ1) is 16.0. The zero-order chi connectivity index (χ0) is 16.2. The second-order valence-corrected chi connectivity index (χ2v) is 6.54. The van der Waals surface area contributed by atoms with Crippen LogP contribution in [0.2, 0.25) is 0 Å². The van der Waals surface area contributed by atoms with E-state index < -0.39 is 0 Å². The third kappa shape index (κ3) is 3.90. The molecule has 7 heteroatoms. The summed E-state index contributed by atoms with van der Waals surface area (Å²) in [5.74, 6) is 2.26. The molecule has 2 amide bonds. The van der Waals surface area contributed by atoms with Gasteiger partial charge in [0.2, 0.25) is 5.95 Å². The Morgan fingerprint density at radius 2 is 2.22 bits per heavy atom. The molecule has 7 nitrogen and oxygen atoms in total. The lowest BCUT2D eigenvalue weighted by Gasteiger charge is -2.34. The first-order chi connectivity index (χ1) is 11.1. The summed E-state index contributed by atoms with van der Waals surface area (Å²) >= 11 is 0. The van der Waals surface area contributed by atoms with Crippen molar-refractivity contribution < 1.29 is 9.53 Å². The number of nitrogens with one attached hydrogen (secondary N) is 1. The number of rotatable bonds is 3. The van der Waals surface area contributed by atoms with Crippen molar-refractivity contribution >= 4 is 17.8 Å². The summed E-state index contributed by atoms with van der Waals surface area (Å²) in [7, 11) is 3.81. The van der Waals surface area contributed by atoms with E-state index in [0.29, 0.717) is 30.9 Å². The van der Waals surface area contributed by atoms with E-state index in [-0.39, 0.29) is 6.03 Å². The van der Waals surface area contributed by atoms with Crippen LogP contribution in [0.5, 0.6) is 0 Å². The third-order valence-electron chi connectivity index (χ3n) is 4.71. The molecule has 0 aromatic carbocycles. The molecule has 126 valence electrons. The molecular formula is C16H25N5O2. The minimum atomic E-state index is -0.143. The van der Waals surface area contributed by atoms with Gasteiger partial charge in [-0.05, 0) is 12.0 Å². The molecule has 3 rings (SSSR count). The minimum Gasteiger partial charge on any atom is -0.379 e. The summed E-state index contributed by atoms with van der Waals surface area (Å²) in [6.45, 7) is 2.72. The first-order valence-corrected chi connectivity index (χ1v) is 8.27. The highest BCUT2D eigenvalue weighted by Crippen LogP contribution is 2.34. The molecule has 23 heavy (non-hydrogen) atoms. The standard InChI is InChI=1S/C16H25N5O2/c1-20(2)14-6-7-17-15(18-14)19-16(22)21-8-9-23-11-13(10-21)12-4-3-5-12/h6-7,12-13H,3-5,8-11H2,1-2H3,(H,17,18,19,22)/t13-/m1/s1. The number of carbonyl (C=O) groups is 1. The van der Waals surface area contributed by atoms with Gasteiger partial charge in [0.05, 0.1) is 13.2 Å². The van der Waals surface area contributed by atoms with Crippen LogP contribution < -0.4 is 10.2 Å². The van der Waals surface area contributed by atoms with E-state index in [1.807, 2.05) is 30.0 Å². The maximum atomic E-state index is 12.5. The maximum absolute atomic E-state index is 12.5. The van der Waals surface area contributed by atoms with Crippen molar-refractivity contribution in [2.24, 2.45) is 11.8 Å². The van der Waals surface area contributed by atoms with Gasteiger partial charge in [0, 0.05) is 39.3 Å². The van der Waals surface area contributed by atoms with Crippen molar-refractivity contribution in [1.82, 2.24) is 14.9 Å². The fourth-order valence-corrected chi connectivity index (χ4v) is 3.05. The van der Waals surface area contributed by atoms with E-state index in [4.69, 9.17) is 4.74 Å². The lowest BCUT2D eigenvalue weighted by atomic mass is 9.76. The zero-order valence-corrected chi connectivity index (χ0v) is 13.9. The van der Waals surface area contributed by atoms with Crippen molar-refractivity contribution in [3.8, 4) is 0 Å². The summed E-state index contributed by atoms with van der Waals surface area (Å²) in [5.41, 5.74) is 0. The lowest BCUT2D eigenvalue weighted by Crippen LogP contribution is -2.41. The highest BCUT2D eigenvalue weighted by atomic mass is 16.5. The fourth-order valence-electron chi connectivity index (χ4n) is 3.05. The van der Waals surface area contributed by atoms with Gasteiger partial charge in [-0.25, -0.2) is 9.78 Å². The molecule has 0 bridgehead atoms. The summed E-state index contributed by atoms with van der Waals surface area (Å²) in [6, 6.07) is 1.66. The monoisotopic (exact) mass is 319 g/mol. The van der Waals surface area contributed by atoms with Gasteiger partial charge in [-0.2, -0.15) is 4.98 Å². The number of urea groups is 1. The van der Waals surface area contributed by atoms with Crippen LogP contribution in [-0.4, -0.2) is 61.3 Å². The molecule has 2 fully saturated rings. The van der Waals surface area contributed by atoms with Crippen LogP contribution in [0, 0.1) is 11.8 Å². The van der Waals surface area contributed by atoms with E-state index in [9.17, 15) is 4.79 Å². The molecule has 1 saturated heterocycles. The Hall–Kier alpha value is -1.89. The van der Waals surface area contributed by atoms with Gasteiger partial charge in [0.25, 0.3) is 0 Å². The molecule has 1 aromatic rings. The Labute approximate surface area is 137 Å². The van der Waals surface area contributed by atoms with E-state index in [1.54, 1.807) is 6.20 Å². The maximum Gasteiger partial charge on any atom is 0.324 e. The molecule has 1 atom stereocenters. The normalized spacial score (nSPS) is 22.2. The zero-order valence-electron chi connectivity index (χ0n) is 13.9. The Morgan fingerprint density at radius 1 is 1.39 bits per heavy atom. The number of anilines is 2. The van der Waals surface area contributed by atoms with Crippen molar-refractivity contribution in [1.29, 1.82) is 0 Å². The van der Waals surface area contributed by atoms with Crippen LogP contribution in [0.1, 0.15) is 19.3 Å². The molecule has 1 aliphatic carbocycles. The van der Waals surface area contributed by atoms with Crippen LogP contribution in [0.3, 0.4) is 0 Å². The van der Waals surface area contributed by atoms with E-state index in [2.05, 4.69) is 15.3 Å². The van der Waals surface area contributed by atoms with E-state index in [1.165, 1.54) is 19.3 Å². The number of aromatic nitrogens is 2. The van der Waals surface area contributed by atoms with Gasteiger partial charge >= 0.3 is 6.03 Å². The molecule has 1 saturated carbocycles. The molecule has 1 aromatic heterocycles. The molecular weight excluding hydrogens is 294 g/mol.